The fourth-order valence-electron chi connectivity index (χ4n) is 3.51. The lowest BCUT2D eigenvalue weighted by molar-refractivity contribution is -0.00759. The zero-order valence-electron chi connectivity index (χ0n) is 17.1. The average molecular weight is 410 g/mol. The first-order valence-electron chi connectivity index (χ1n) is 10.1. The lowest BCUT2D eigenvalue weighted by Gasteiger charge is -2.22. The number of ether oxygens (including phenoxy) is 2. The minimum atomic E-state index is -1.08. The van der Waals surface area contributed by atoms with Crippen molar-refractivity contribution in [1.29, 1.82) is 0 Å². The van der Waals surface area contributed by atoms with Crippen molar-refractivity contribution in [2.75, 3.05) is 0 Å². The smallest absolute Gasteiger partial charge is 0.342 e. The number of cyclic esters (lactones) is 1. The number of aliphatic hydroxyl groups excluding tert-OH is 1. The molecular formula is C24H26O6. The normalized spacial score (nSPS) is 18.4. The summed E-state index contributed by atoms with van der Waals surface area (Å²) < 4.78 is 11.7. The molecule has 158 valence electrons. The Kier molecular flexibility index (Phi) is 6.90. The van der Waals surface area contributed by atoms with Crippen LogP contribution < -0.4 is 4.74 Å². The number of phenols is 1. The van der Waals surface area contributed by atoms with Gasteiger partial charge in [0.05, 0.1) is 5.56 Å². The van der Waals surface area contributed by atoms with Gasteiger partial charge in [-0.25, -0.2) is 4.79 Å². The van der Waals surface area contributed by atoms with Crippen molar-refractivity contribution in [3.63, 3.8) is 0 Å². The molecule has 0 amide bonds. The molecule has 0 fully saturated rings. The standard InChI is InChI=1S/C24H26O6/c1-3-4-5-8-21-19(27)11-10-16-17(14-25)18(26)12-13-20(16)29-22-9-6-7-15(2)23(22)24(28)30-21/h6-7,9-14,19,21,26-27H,3-5,8H2,1-2H3. The number of aryl methyl sites for hydroxylation is 1. The van der Waals surface area contributed by atoms with Crippen LogP contribution in [-0.2, 0) is 4.74 Å². The number of rotatable bonds is 5. The number of aldehydes is 1. The Morgan fingerprint density at radius 2 is 1.93 bits per heavy atom. The maximum absolute atomic E-state index is 13.0. The predicted octanol–water partition coefficient (Wildman–Crippen LogP) is 4.80. The highest BCUT2D eigenvalue weighted by Gasteiger charge is 2.27. The third-order valence-corrected chi connectivity index (χ3v) is 5.19. The summed E-state index contributed by atoms with van der Waals surface area (Å²) in [4.78, 5) is 24.6. The molecule has 30 heavy (non-hydrogen) atoms. The summed E-state index contributed by atoms with van der Waals surface area (Å²) in [6.07, 6.45) is 4.94. The van der Waals surface area contributed by atoms with Gasteiger partial charge in [0.15, 0.2) is 6.29 Å². The van der Waals surface area contributed by atoms with E-state index in [1.165, 1.54) is 24.3 Å². The van der Waals surface area contributed by atoms with Crippen LogP contribution in [0, 0.1) is 6.92 Å². The van der Waals surface area contributed by atoms with Gasteiger partial charge in [-0.15, -0.1) is 0 Å². The van der Waals surface area contributed by atoms with E-state index in [9.17, 15) is 19.8 Å². The maximum atomic E-state index is 13.0. The Bertz CT molecular complexity index is 962. The van der Waals surface area contributed by atoms with Gasteiger partial charge in [-0.05, 0) is 43.5 Å². The van der Waals surface area contributed by atoms with Crippen LogP contribution in [0.1, 0.15) is 64.4 Å². The van der Waals surface area contributed by atoms with Crippen LogP contribution in [-0.4, -0.2) is 34.7 Å². The van der Waals surface area contributed by atoms with Crippen molar-refractivity contribution < 1.29 is 29.3 Å². The lowest BCUT2D eigenvalue weighted by Crippen LogP contribution is -2.30. The second-order valence-electron chi connectivity index (χ2n) is 7.37. The minimum Gasteiger partial charge on any atom is -0.507 e. The van der Waals surface area contributed by atoms with E-state index in [0.29, 0.717) is 23.8 Å². The number of aliphatic hydroxyl groups is 1. The second kappa shape index (κ2) is 9.59. The van der Waals surface area contributed by atoms with Gasteiger partial charge in [0.2, 0.25) is 0 Å². The molecule has 0 aliphatic carbocycles. The molecule has 1 aliphatic heterocycles. The quantitative estimate of drug-likeness (QED) is 0.418. The zero-order valence-corrected chi connectivity index (χ0v) is 17.1. The summed E-state index contributed by atoms with van der Waals surface area (Å²) in [7, 11) is 0. The molecule has 6 heteroatoms. The van der Waals surface area contributed by atoms with Gasteiger partial charge in [-0.1, -0.05) is 44.1 Å². The van der Waals surface area contributed by atoms with Crippen molar-refractivity contribution in [3.05, 3.63) is 58.7 Å². The molecule has 2 aromatic rings. The first-order valence-corrected chi connectivity index (χ1v) is 10.1. The van der Waals surface area contributed by atoms with Crippen LogP contribution in [0.3, 0.4) is 0 Å². The van der Waals surface area contributed by atoms with Crippen molar-refractivity contribution in [1.82, 2.24) is 0 Å². The minimum absolute atomic E-state index is 0.0409. The number of phenolic OH excluding ortho intramolecular Hbond substituents is 1. The van der Waals surface area contributed by atoms with Crippen LogP contribution in [0.25, 0.3) is 6.08 Å². The third kappa shape index (κ3) is 4.54. The van der Waals surface area contributed by atoms with Gasteiger partial charge < -0.3 is 19.7 Å². The topological polar surface area (TPSA) is 93.1 Å². The molecule has 0 spiro atoms. The Labute approximate surface area is 175 Å². The Balaban J connectivity index is 2.15. The molecule has 3 rings (SSSR count). The fraction of sp³-hybridized carbons (Fsp3) is 0.333. The lowest BCUT2D eigenvalue weighted by atomic mass is 10.0. The van der Waals surface area contributed by atoms with Crippen molar-refractivity contribution in [3.8, 4) is 17.2 Å². The van der Waals surface area contributed by atoms with E-state index >= 15 is 0 Å². The average Bonchev–Trinajstić information content (AvgIpc) is 2.74. The van der Waals surface area contributed by atoms with E-state index in [4.69, 9.17) is 9.47 Å². The third-order valence-electron chi connectivity index (χ3n) is 5.19. The SMILES string of the molecule is CCCCCC1OC(=O)c2c(C)cccc2Oc2ccc(O)c(C=O)c2C=CC1O. The van der Waals surface area contributed by atoms with E-state index in [1.54, 1.807) is 25.1 Å². The molecule has 0 aromatic heterocycles. The van der Waals surface area contributed by atoms with Gasteiger partial charge in [0.1, 0.15) is 35.0 Å². The number of aromatic hydroxyl groups is 1. The van der Waals surface area contributed by atoms with Gasteiger partial charge in [-0.2, -0.15) is 0 Å². The first-order chi connectivity index (χ1) is 14.5. The van der Waals surface area contributed by atoms with Crippen molar-refractivity contribution >= 4 is 18.3 Å². The summed E-state index contributed by atoms with van der Waals surface area (Å²) in [5, 5.41) is 20.8. The van der Waals surface area contributed by atoms with Crippen molar-refractivity contribution in [2.24, 2.45) is 0 Å². The summed E-state index contributed by atoms with van der Waals surface area (Å²) in [6.45, 7) is 3.85. The van der Waals surface area contributed by atoms with E-state index < -0.39 is 18.2 Å². The largest absolute Gasteiger partial charge is 0.507 e. The number of carbonyl (C=O) groups is 2. The molecule has 0 saturated heterocycles. The zero-order chi connectivity index (χ0) is 21.7. The van der Waals surface area contributed by atoms with Gasteiger partial charge in [-0.3, -0.25) is 4.79 Å². The summed E-state index contributed by atoms with van der Waals surface area (Å²) in [6, 6.07) is 8.05. The van der Waals surface area contributed by atoms with Crippen LogP contribution in [0.15, 0.2) is 36.4 Å². The summed E-state index contributed by atoms with van der Waals surface area (Å²) in [5.74, 6) is -0.212. The molecule has 0 bridgehead atoms. The van der Waals surface area contributed by atoms with E-state index in [-0.39, 0.29) is 28.4 Å². The molecule has 2 unspecified atom stereocenters. The Morgan fingerprint density at radius 3 is 2.67 bits per heavy atom. The molecular weight excluding hydrogens is 384 g/mol. The number of fused-ring (bicyclic) bond motifs is 2. The Hall–Kier alpha value is -3.12. The fourth-order valence-corrected chi connectivity index (χ4v) is 3.51. The van der Waals surface area contributed by atoms with E-state index in [2.05, 4.69) is 6.92 Å². The summed E-state index contributed by atoms with van der Waals surface area (Å²) >= 11 is 0. The highest BCUT2D eigenvalue weighted by molar-refractivity contribution is 5.95. The van der Waals surface area contributed by atoms with Gasteiger partial charge in [0.25, 0.3) is 0 Å². The van der Waals surface area contributed by atoms with Crippen molar-refractivity contribution in [2.45, 2.75) is 51.7 Å². The molecule has 2 aromatic carbocycles. The maximum Gasteiger partial charge on any atom is 0.342 e. The van der Waals surface area contributed by atoms with Crippen LogP contribution in [0.4, 0.5) is 0 Å². The number of hydrogen-bond donors (Lipinski definition) is 2. The van der Waals surface area contributed by atoms with Crippen LogP contribution in [0.2, 0.25) is 0 Å². The highest BCUT2D eigenvalue weighted by Crippen LogP contribution is 2.36. The number of unbranched alkanes of at least 4 members (excludes halogenated alkanes) is 2. The summed E-state index contributed by atoms with van der Waals surface area (Å²) in [5.41, 5.74) is 1.29. The van der Waals surface area contributed by atoms with Gasteiger partial charge in [0, 0.05) is 5.56 Å². The monoisotopic (exact) mass is 410 g/mol. The van der Waals surface area contributed by atoms with Crippen LogP contribution >= 0.6 is 0 Å². The van der Waals surface area contributed by atoms with E-state index in [1.807, 2.05) is 0 Å². The molecule has 2 N–H and O–H groups in total. The van der Waals surface area contributed by atoms with Crippen LogP contribution in [0.5, 0.6) is 17.2 Å². The number of esters is 1. The molecule has 0 saturated carbocycles. The molecule has 1 aliphatic rings. The highest BCUT2D eigenvalue weighted by atomic mass is 16.6. The Morgan fingerprint density at radius 1 is 1.13 bits per heavy atom. The molecule has 1 heterocycles. The molecule has 0 radical (unpaired) electrons. The second-order valence-corrected chi connectivity index (χ2v) is 7.37. The van der Waals surface area contributed by atoms with Gasteiger partial charge >= 0.3 is 5.97 Å². The van der Waals surface area contributed by atoms with E-state index in [0.717, 1.165) is 19.3 Å². The number of carbonyl (C=O) groups excluding carboxylic acids is 2. The first kappa shape index (κ1) is 21.6. The molecule has 2 atom stereocenters. The molecule has 6 nitrogen and oxygen atoms in total. The predicted molar refractivity (Wildman–Crippen MR) is 113 cm³/mol. The number of benzene rings is 2. The number of hydrogen-bond acceptors (Lipinski definition) is 6.